The number of anilines is 1. The smallest absolute Gasteiger partial charge is 0.475 e. The quantitative estimate of drug-likeness (QED) is 0.473. The van der Waals surface area contributed by atoms with Gasteiger partial charge in [0.2, 0.25) is 5.95 Å². The molecule has 2 aromatic heterocycles. The van der Waals surface area contributed by atoms with Crippen molar-refractivity contribution < 1.29 is 50.9 Å². The van der Waals surface area contributed by atoms with Crippen molar-refractivity contribution in [2.75, 3.05) is 31.6 Å². The third-order valence-corrected chi connectivity index (χ3v) is 5.39. The third kappa shape index (κ3) is 10.5. The van der Waals surface area contributed by atoms with Crippen molar-refractivity contribution in [2.45, 2.75) is 37.3 Å². The summed E-state index contributed by atoms with van der Waals surface area (Å²) in [5.41, 5.74) is 1.36. The minimum Gasteiger partial charge on any atom is -0.475 e. The van der Waals surface area contributed by atoms with Crippen molar-refractivity contribution in [1.29, 1.82) is 0 Å². The lowest BCUT2D eigenvalue weighted by Gasteiger charge is -2.53. The summed E-state index contributed by atoms with van der Waals surface area (Å²) in [7, 11) is 0. The molecule has 38 heavy (non-hydrogen) atoms. The number of rotatable bonds is 5. The maximum absolute atomic E-state index is 10.6. The number of pyridine rings is 1. The van der Waals surface area contributed by atoms with Gasteiger partial charge in [0.25, 0.3) is 0 Å². The van der Waals surface area contributed by atoms with Crippen LogP contribution in [0.4, 0.5) is 32.3 Å². The lowest BCUT2D eigenvalue weighted by molar-refractivity contribution is -0.193. The van der Waals surface area contributed by atoms with E-state index in [-0.39, 0.29) is 5.60 Å². The third-order valence-electron chi connectivity index (χ3n) is 5.39. The summed E-state index contributed by atoms with van der Waals surface area (Å²) in [4.78, 5) is 32.8. The van der Waals surface area contributed by atoms with Crippen LogP contribution >= 0.6 is 0 Å². The Balaban J connectivity index is 0.000000301. The second-order valence-electron chi connectivity index (χ2n) is 8.46. The van der Waals surface area contributed by atoms with E-state index in [1.165, 1.54) is 12.0 Å². The number of aromatic nitrogens is 3. The van der Waals surface area contributed by atoms with Crippen molar-refractivity contribution >= 4 is 17.9 Å². The Morgan fingerprint density at radius 3 is 2.05 bits per heavy atom. The SMILES string of the molecule is O=C(O)C(F)(F)F.O=C(O)C(F)(F)F.c1cnc(NCC2CCC3(CN(Cc4cccnc4)C3)OC2)nc1. The largest absolute Gasteiger partial charge is 0.490 e. The first-order chi connectivity index (χ1) is 17.7. The van der Waals surface area contributed by atoms with Gasteiger partial charge in [-0.05, 0) is 36.5 Å². The van der Waals surface area contributed by atoms with Crippen LogP contribution in [0.2, 0.25) is 0 Å². The van der Waals surface area contributed by atoms with Gasteiger partial charge in [-0.1, -0.05) is 6.07 Å². The van der Waals surface area contributed by atoms with Crippen LogP contribution in [0.1, 0.15) is 18.4 Å². The molecule has 4 rings (SSSR count). The molecule has 2 aromatic rings. The zero-order chi connectivity index (χ0) is 28.4. The van der Waals surface area contributed by atoms with Crippen molar-refractivity contribution in [2.24, 2.45) is 5.92 Å². The molecule has 4 heterocycles. The standard InChI is InChI=1S/C18H23N5O.2C2HF3O2/c1-3-15(9-19-6-1)11-23-13-18(14-23)5-4-16(12-24-18)10-22-17-20-7-2-8-21-17;2*3-2(4,5)1(6)7/h1-3,6-9,16H,4-5,10-14H2,(H,20,21,22);2*(H,6,7). The molecule has 1 unspecified atom stereocenters. The maximum atomic E-state index is 10.6. The summed E-state index contributed by atoms with van der Waals surface area (Å²) in [6, 6.07) is 5.95. The molecule has 2 fully saturated rings. The van der Waals surface area contributed by atoms with Crippen LogP contribution in [-0.4, -0.2) is 86.2 Å². The lowest BCUT2D eigenvalue weighted by atomic mass is 9.82. The van der Waals surface area contributed by atoms with Gasteiger partial charge < -0.3 is 20.3 Å². The van der Waals surface area contributed by atoms with E-state index in [1.54, 1.807) is 12.4 Å². The Kier molecular flexibility index (Phi) is 10.8. The molecule has 210 valence electrons. The monoisotopic (exact) mass is 553 g/mol. The van der Waals surface area contributed by atoms with Crippen molar-refractivity contribution in [3.05, 3.63) is 48.5 Å². The molecule has 2 aliphatic heterocycles. The number of hydrogen-bond donors (Lipinski definition) is 3. The van der Waals surface area contributed by atoms with Crippen molar-refractivity contribution in [3.8, 4) is 0 Å². The molecule has 3 N–H and O–H groups in total. The van der Waals surface area contributed by atoms with E-state index in [9.17, 15) is 26.3 Å². The highest BCUT2D eigenvalue weighted by Crippen LogP contribution is 2.36. The molecule has 0 aromatic carbocycles. The average molecular weight is 553 g/mol. The second kappa shape index (κ2) is 13.3. The van der Waals surface area contributed by atoms with Crippen LogP contribution in [0, 0.1) is 5.92 Å². The zero-order valence-corrected chi connectivity index (χ0v) is 19.7. The van der Waals surface area contributed by atoms with Crippen LogP contribution in [0.15, 0.2) is 43.0 Å². The van der Waals surface area contributed by atoms with Crippen LogP contribution < -0.4 is 5.32 Å². The number of carboxylic acids is 2. The van der Waals surface area contributed by atoms with Gasteiger partial charge in [-0.25, -0.2) is 19.6 Å². The fourth-order valence-corrected chi connectivity index (χ4v) is 3.58. The molecule has 0 saturated carbocycles. The molecule has 2 saturated heterocycles. The number of carbonyl (C=O) groups is 2. The summed E-state index contributed by atoms with van der Waals surface area (Å²) in [6.07, 6.45) is -0.557. The topological polar surface area (TPSA) is 138 Å². The van der Waals surface area contributed by atoms with Gasteiger partial charge in [0.05, 0.1) is 12.2 Å². The van der Waals surface area contributed by atoms with Crippen LogP contribution in [0.3, 0.4) is 0 Å². The van der Waals surface area contributed by atoms with Gasteiger partial charge in [-0.2, -0.15) is 26.3 Å². The Morgan fingerprint density at radius 1 is 1.03 bits per heavy atom. The highest BCUT2D eigenvalue weighted by molar-refractivity contribution is 5.73. The van der Waals surface area contributed by atoms with E-state index in [1.807, 2.05) is 24.5 Å². The summed E-state index contributed by atoms with van der Waals surface area (Å²) in [5.74, 6) is -4.28. The predicted molar refractivity (Wildman–Crippen MR) is 119 cm³/mol. The molecule has 10 nitrogen and oxygen atoms in total. The number of ether oxygens (including phenoxy) is 1. The molecule has 16 heteroatoms. The predicted octanol–water partition coefficient (Wildman–Crippen LogP) is 3.23. The van der Waals surface area contributed by atoms with Crippen molar-refractivity contribution in [1.82, 2.24) is 19.9 Å². The Bertz CT molecular complexity index is 987. The number of hydrogen-bond acceptors (Lipinski definition) is 8. The number of nitrogens with one attached hydrogen (secondary N) is 1. The molecular formula is C22H25F6N5O5. The minimum atomic E-state index is -5.08. The zero-order valence-electron chi connectivity index (χ0n) is 19.7. The molecule has 0 bridgehead atoms. The van der Waals surface area contributed by atoms with E-state index >= 15 is 0 Å². The number of nitrogens with zero attached hydrogens (tertiary/aromatic N) is 4. The Hall–Kier alpha value is -3.53. The van der Waals surface area contributed by atoms with Gasteiger partial charge in [0, 0.05) is 51.0 Å². The van der Waals surface area contributed by atoms with Gasteiger partial charge in [0.15, 0.2) is 0 Å². The first-order valence-corrected chi connectivity index (χ1v) is 11.1. The molecule has 0 aliphatic carbocycles. The van der Waals surface area contributed by atoms with E-state index < -0.39 is 24.3 Å². The second-order valence-corrected chi connectivity index (χ2v) is 8.46. The average Bonchev–Trinajstić information content (AvgIpc) is 2.83. The fraction of sp³-hybridized carbons (Fsp3) is 0.500. The van der Waals surface area contributed by atoms with E-state index in [0.717, 1.165) is 39.2 Å². The maximum Gasteiger partial charge on any atom is 0.490 e. The Labute approximate surface area is 212 Å². The number of alkyl halides is 6. The summed E-state index contributed by atoms with van der Waals surface area (Å²) in [5, 5.41) is 17.5. The molecule has 0 amide bonds. The van der Waals surface area contributed by atoms with Gasteiger partial charge in [-0.15, -0.1) is 0 Å². The van der Waals surface area contributed by atoms with E-state index in [2.05, 4.69) is 31.2 Å². The van der Waals surface area contributed by atoms with Crippen LogP contribution in [0.25, 0.3) is 0 Å². The minimum absolute atomic E-state index is 0.0853. The van der Waals surface area contributed by atoms with Crippen LogP contribution in [-0.2, 0) is 20.9 Å². The Morgan fingerprint density at radius 2 is 1.61 bits per heavy atom. The van der Waals surface area contributed by atoms with Gasteiger partial charge in [0.1, 0.15) is 0 Å². The van der Waals surface area contributed by atoms with Gasteiger partial charge in [-0.3, -0.25) is 9.88 Å². The van der Waals surface area contributed by atoms with E-state index in [4.69, 9.17) is 24.5 Å². The highest BCUT2D eigenvalue weighted by atomic mass is 19.4. The highest BCUT2D eigenvalue weighted by Gasteiger charge is 2.46. The number of aliphatic carboxylic acids is 2. The summed E-state index contributed by atoms with van der Waals surface area (Å²) >= 11 is 0. The van der Waals surface area contributed by atoms with Crippen molar-refractivity contribution in [3.63, 3.8) is 0 Å². The lowest BCUT2D eigenvalue weighted by Crippen LogP contribution is -2.64. The number of likely N-dealkylation sites (tertiary alicyclic amines) is 1. The number of halogens is 6. The van der Waals surface area contributed by atoms with Crippen LogP contribution in [0.5, 0.6) is 0 Å². The summed E-state index contributed by atoms with van der Waals surface area (Å²) < 4.78 is 69.7. The van der Waals surface area contributed by atoms with Gasteiger partial charge >= 0.3 is 24.3 Å². The number of carboxylic acid groups (broad SMARTS) is 2. The normalized spacial score (nSPS) is 18.6. The first-order valence-electron chi connectivity index (χ1n) is 11.1. The summed E-state index contributed by atoms with van der Waals surface area (Å²) in [6.45, 7) is 4.73. The molecular weight excluding hydrogens is 528 g/mol. The molecule has 2 aliphatic rings. The fourth-order valence-electron chi connectivity index (χ4n) is 3.58. The first kappa shape index (κ1) is 30.7. The molecule has 1 atom stereocenters. The molecule has 1 spiro atoms. The molecule has 0 radical (unpaired) electrons. The van der Waals surface area contributed by atoms with E-state index in [0.29, 0.717) is 11.9 Å².